The number of hydrogen-bond acceptors (Lipinski definition) is 8. The number of nitrogen functional groups attached to an aromatic ring is 1. The molecule has 1 amide bonds. The molecule has 9 nitrogen and oxygen atoms in total. The molecule has 0 unspecified atom stereocenters. The zero-order valence-electron chi connectivity index (χ0n) is 18.9. The fraction of sp³-hybridized carbons (Fsp3) is 0.292. The van der Waals surface area contributed by atoms with Crippen LogP contribution in [0.5, 0.6) is 17.2 Å². The Morgan fingerprint density at radius 3 is 2.45 bits per heavy atom. The van der Waals surface area contributed by atoms with E-state index in [2.05, 4.69) is 10.3 Å². The number of phenolic OH excluding ortho intramolecular Hbond substituents is 2. The Bertz CT molecular complexity index is 1200. The van der Waals surface area contributed by atoms with Gasteiger partial charge in [-0.25, -0.2) is 4.79 Å². The van der Waals surface area contributed by atoms with Crippen LogP contribution in [0.1, 0.15) is 47.2 Å². The van der Waals surface area contributed by atoms with Gasteiger partial charge in [-0.2, -0.15) is 0 Å². The van der Waals surface area contributed by atoms with Gasteiger partial charge in [-0.05, 0) is 52.0 Å². The van der Waals surface area contributed by atoms with Crippen LogP contribution in [0.15, 0.2) is 36.4 Å². The first kappa shape index (κ1) is 23.6. The second kappa shape index (κ2) is 9.23. The van der Waals surface area contributed by atoms with Gasteiger partial charge in [0.15, 0.2) is 0 Å². The lowest BCUT2D eigenvalue weighted by atomic mass is 10.0. The van der Waals surface area contributed by atoms with Gasteiger partial charge in [-0.15, -0.1) is 0 Å². The molecule has 1 heterocycles. The molecule has 3 rings (SSSR count). The average Bonchev–Trinajstić information content (AvgIpc) is 2.71. The van der Waals surface area contributed by atoms with E-state index in [-0.39, 0.29) is 41.5 Å². The zero-order valence-corrected chi connectivity index (χ0v) is 18.9. The van der Waals surface area contributed by atoms with Crippen molar-refractivity contribution in [3.05, 3.63) is 53.2 Å². The van der Waals surface area contributed by atoms with E-state index in [1.165, 1.54) is 12.1 Å². The highest BCUT2D eigenvalue weighted by Gasteiger charge is 2.25. The molecule has 0 spiro atoms. The Kier molecular flexibility index (Phi) is 6.62. The van der Waals surface area contributed by atoms with Crippen molar-refractivity contribution in [3.63, 3.8) is 0 Å². The van der Waals surface area contributed by atoms with Crippen molar-refractivity contribution in [2.24, 2.45) is 0 Å². The Balaban J connectivity index is 1.86. The molecular formula is C24H27N3O6. The normalized spacial score (nSPS) is 11.3. The monoisotopic (exact) mass is 453 g/mol. The van der Waals surface area contributed by atoms with Gasteiger partial charge in [0, 0.05) is 11.6 Å². The summed E-state index contributed by atoms with van der Waals surface area (Å²) in [6, 6.07) is 8.87. The number of aromatic nitrogens is 1. The maximum atomic E-state index is 12.6. The van der Waals surface area contributed by atoms with E-state index < -0.39 is 17.4 Å². The summed E-state index contributed by atoms with van der Waals surface area (Å²) in [6.45, 7) is 7.18. The van der Waals surface area contributed by atoms with Crippen LogP contribution in [0.2, 0.25) is 0 Å². The summed E-state index contributed by atoms with van der Waals surface area (Å²) in [6.07, 6.45) is 0. The van der Waals surface area contributed by atoms with Crippen molar-refractivity contribution in [2.45, 2.75) is 33.2 Å². The number of nitrogens with zero attached hydrogens (tertiary/aromatic N) is 1. The van der Waals surface area contributed by atoms with E-state index in [0.29, 0.717) is 22.3 Å². The van der Waals surface area contributed by atoms with Gasteiger partial charge in [0.05, 0.1) is 34.4 Å². The molecule has 0 radical (unpaired) electrons. The third-order valence-corrected chi connectivity index (χ3v) is 4.88. The minimum atomic E-state index is -0.836. The first-order valence-corrected chi connectivity index (χ1v) is 10.4. The Morgan fingerprint density at radius 1 is 1.15 bits per heavy atom. The second-order valence-electron chi connectivity index (χ2n) is 8.22. The predicted octanol–water partition coefficient (Wildman–Crippen LogP) is 3.30. The van der Waals surface area contributed by atoms with Crippen LogP contribution < -0.4 is 15.8 Å². The minimum Gasteiger partial charge on any atom is -0.508 e. The van der Waals surface area contributed by atoms with Gasteiger partial charge in [0.1, 0.15) is 29.4 Å². The number of hydrogen-bond donors (Lipinski definition) is 4. The highest BCUT2D eigenvalue weighted by molar-refractivity contribution is 6.07. The number of esters is 1. The Morgan fingerprint density at radius 2 is 1.82 bits per heavy atom. The Labute approximate surface area is 191 Å². The third-order valence-electron chi connectivity index (χ3n) is 4.88. The van der Waals surface area contributed by atoms with Crippen molar-refractivity contribution in [3.8, 4) is 17.2 Å². The van der Waals surface area contributed by atoms with Crippen LogP contribution in [0.25, 0.3) is 10.9 Å². The number of rotatable bonds is 7. The number of carbonyl (C=O) groups is 2. The maximum absolute atomic E-state index is 12.6. The number of aromatic hydroxyl groups is 2. The highest BCUT2D eigenvalue weighted by Crippen LogP contribution is 2.34. The molecule has 0 bridgehead atoms. The summed E-state index contributed by atoms with van der Waals surface area (Å²) in [7, 11) is 0. The smallest absolute Gasteiger partial charge is 0.342 e. The van der Waals surface area contributed by atoms with Crippen molar-refractivity contribution in [2.75, 3.05) is 18.9 Å². The lowest BCUT2D eigenvalue weighted by molar-refractivity contribution is 0.0526. The van der Waals surface area contributed by atoms with Gasteiger partial charge in [0.25, 0.3) is 5.91 Å². The SMILES string of the molecule is CCOC(=O)c1c(C)nc2cccc(OCC(C)(C)NC(=O)c3cc(O)cc(O)c3)c2c1N. The van der Waals surface area contributed by atoms with E-state index in [0.717, 1.165) is 6.07 Å². The molecule has 0 saturated carbocycles. The number of phenols is 2. The first-order chi connectivity index (χ1) is 15.5. The number of benzene rings is 2. The lowest BCUT2D eigenvalue weighted by Gasteiger charge is -2.27. The summed E-state index contributed by atoms with van der Waals surface area (Å²) in [5.74, 6) is -1.09. The standard InChI is InChI=1S/C24H27N3O6/c1-5-32-23(31)19-13(2)26-17-7-6-8-18(20(17)21(19)25)33-12-24(3,4)27-22(30)14-9-15(28)11-16(29)10-14/h6-11,28-29H,5,12H2,1-4H3,(H2,25,26)(H,27,30). The molecule has 174 valence electrons. The van der Waals surface area contributed by atoms with E-state index >= 15 is 0 Å². The number of nitrogens with one attached hydrogen (secondary N) is 1. The van der Waals surface area contributed by atoms with Crippen molar-refractivity contribution in [1.82, 2.24) is 10.3 Å². The first-order valence-electron chi connectivity index (χ1n) is 10.4. The topological polar surface area (TPSA) is 144 Å². The maximum Gasteiger partial charge on any atom is 0.342 e. The van der Waals surface area contributed by atoms with Crippen molar-refractivity contribution < 1.29 is 29.3 Å². The molecule has 0 aliphatic heterocycles. The van der Waals surface area contributed by atoms with Gasteiger partial charge < -0.3 is 30.7 Å². The van der Waals surface area contributed by atoms with Gasteiger partial charge in [0.2, 0.25) is 0 Å². The summed E-state index contributed by atoms with van der Waals surface area (Å²) in [5, 5.41) is 22.5. The van der Waals surface area contributed by atoms with Crippen LogP contribution in [-0.2, 0) is 4.74 Å². The minimum absolute atomic E-state index is 0.0602. The fourth-order valence-corrected chi connectivity index (χ4v) is 3.42. The van der Waals surface area contributed by atoms with Crippen molar-refractivity contribution >= 4 is 28.5 Å². The average molecular weight is 453 g/mol. The molecule has 9 heteroatoms. The molecule has 0 saturated heterocycles. The highest BCUT2D eigenvalue weighted by atomic mass is 16.5. The van der Waals surface area contributed by atoms with Crippen LogP contribution in [0, 0.1) is 6.92 Å². The molecule has 0 fully saturated rings. The predicted molar refractivity (Wildman–Crippen MR) is 124 cm³/mol. The number of nitrogens with two attached hydrogens (primary N) is 1. The summed E-state index contributed by atoms with van der Waals surface area (Å²) < 4.78 is 11.1. The van der Waals surface area contributed by atoms with Crippen LogP contribution in [-0.4, -0.2) is 45.8 Å². The van der Waals surface area contributed by atoms with Crippen LogP contribution >= 0.6 is 0 Å². The molecule has 2 aromatic carbocycles. The molecule has 0 atom stereocenters. The fourth-order valence-electron chi connectivity index (χ4n) is 3.42. The number of anilines is 1. The number of amides is 1. The lowest BCUT2D eigenvalue weighted by Crippen LogP contribution is -2.47. The molecule has 5 N–H and O–H groups in total. The molecule has 33 heavy (non-hydrogen) atoms. The number of fused-ring (bicyclic) bond motifs is 1. The number of carbonyl (C=O) groups excluding carboxylic acids is 2. The molecular weight excluding hydrogens is 426 g/mol. The molecule has 0 aliphatic carbocycles. The van der Waals surface area contributed by atoms with Crippen molar-refractivity contribution in [1.29, 1.82) is 0 Å². The van der Waals surface area contributed by atoms with E-state index in [1.54, 1.807) is 45.9 Å². The largest absolute Gasteiger partial charge is 0.508 e. The molecule has 3 aromatic rings. The van der Waals surface area contributed by atoms with Gasteiger partial charge in [-0.3, -0.25) is 9.78 Å². The summed E-state index contributed by atoms with van der Waals surface area (Å²) >= 11 is 0. The third kappa shape index (κ3) is 5.25. The molecule has 0 aliphatic rings. The van der Waals surface area contributed by atoms with Gasteiger partial charge in [-0.1, -0.05) is 6.07 Å². The number of pyridine rings is 1. The quantitative estimate of drug-likeness (QED) is 0.399. The van der Waals surface area contributed by atoms with E-state index in [9.17, 15) is 19.8 Å². The van der Waals surface area contributed by atoms with Gasteiger partial charge >= 0.3 is 5.97 Å². The second-order valence-corrected chi connectivity index (χ2v) is 8.22. The Hall–Kier alpha value is -4.01. The number of ether oxygens (including phenoxy) is 2. The number of aryl methyl sites for hydroxylation is 1. The van der Waals surface area contributed by atoms with Crippen LogP contribution in [0.4, 0.5) is 5.69 Å². The summed E-state index contributed by atoms with van der Waals surface area (Å²) in [4.78, 5) is 29.5. The van der Waals surface area contributed by atoms with E-state index in [1.807, 2.05) is 0 Å². The molecule has 1 aromatic heterocycles. The van der Waals surface area contributed by atoms with E-state index in [4.69, 9.17) is 15.2 Å². The summed E-state index contributed by atoms with van der Waals surface area (Å²) in [5.41, 5.74) is 7.03. The zero-order chi connectivity index (χ0) is 24.3. The van der Waals surface area contributed by atoms with Crippen LogP contribution in [0.3, 0.4) is 0 Å².